The van der Waals surface area contributed by atoms with Gasteiger partial charge in [-0.15, -0.1) is 0 Å². The van der Waals surface area contributed by atoms with Crippen molar-refractivity contribution in [1.29, 1.82) is 0 Å². The number of ether oxygens (including phenoxy) is 1. The summed E-state index contributed by atoms with van der Waals surface area (Å²) in [6.45, 7) is 6.65. The molecule has 0 saturated carbocycles. The van der Waals surface area contributed by atoms with Crippen LogP contribution < -0.4 is 10.9 Å². The minimum atomic E-state index is -0.174. The van der Waals surface area contributed by atoms with Crippen LogP contribution in [0, 0.1) is 6.92 Å². The quantitative estimate of drug-likeness (QED) is 0.726. The molecule has 1 fully saturated rings. The number of hydrogen-bond acceptors (Lipinski definition) is 4. The van der Waals surface area contributed by atoms with E-state index in [9.17, 15) is 9.59 Å². The standard InChI is InChI=1S/C23H25N3O3/c1-17-5-2-3-6-18(17)22(27)24-21-8-4-7-20-19(21)9-10-26(23(20)28)12-11-25-13-15-29-16-14-25/h2-10H,11-16H2,1H3,(H,24,27). The monoisotopic (exact) mass is 391 g/mol. The van der Waals surface area contributed by atoms with Gasteiger partial charge in [0.2, 0.25) is 0 Å². The van der Waals surface area contributed by atoms with Crippen LogP contribution in [0.1, 0.15) is 15.9 Å². The van der Waals surface area contributed by atoms with Gasteiger partial charge >= 0.3 is 0 Å². The Kier molecular flexibility index (Phi) is 5.74. The SMILES string of the molecule is Cc1ccccc1C(=O)Nc1cccc2c(=O)n(CCN3CCOCC3)ccc12. The molecule has 1 N–H and O–H groups in total. The first-order chi connectivity index (χ1) is 14.1. The molecule has 4 rings (SSSR count). The molecule has 6 heteroatoms. The predicted molar refractivity (Wildman–Crippen MR) is 115 cm³/mol. The summed E-state index contributed by atoms with van der Waals surface area (Å²) in [5, 5.41) is 4.32. The van der Waals surface area contributed by atoms with Crippen molar-refractivity contribution in [3.8, 4) is 0 Å². The Balaban J connectivity index is 1.57. The molecule has 0 unspecified atom stereocenters. The molecule has 3 aromatic rings. The van der Waals surface area contributed by atoms with Gasteiger partial charge in [-0.3, -0.25) is 14.5 Å². The molecule has 1 aromatic heterocycles. The van der Waals surface area contributed by atoms with Crippen molar-refractivity contribution in [3.05, 3.63) is 76.2 Å². The number of carbonyl (C=O) groups excluding carboxylic acids is 1. The van der Waals surface area contributed by atoms with E-state index < -0.39 is 0 Å². The molecule has 1 amide bonds. The van der Waals surface area contributed by atoms with Crippen LogP contribution in [0.2, 0.25) is 0 Å². The van der Waals surface area contributed by atoms with Gasteiger partial charge in [-0.25, -0.2) is 0 Å². The van der Waals surface area contributed by atoms with Gasteiger partial charge in [-0.2, -0.15) is 0 Å². The summed E-state index contributed by atoms with van der Waals surface area (Å²) in [7, 11) is 0. The molecule has 1 saturated heterocycles. The highest BCUT2D eigenvalue weighted by atomic mass is 16.5. The summed E-state index contributed by atoms with van der Waals surface area (Å²) in [6.07, 6.45) is 1.81. The number of carbonyl (C=O) groups is 1. The maximum atomic E-state index is 13.0. The maximum Gasteiger partial charge on any atom is 0.258 e. The van der Waals surface area contributed by atoms with Gasteiger partial charge in [0, 0.05) is 54.4 Å². The van der Waals surface area contributed by atoms with Crippen LogP contribution in [0.25, 0.3) is 10.8 Å². The van der Waals surface area contributed by atoms with Gasteiger partial charge in [-0.1, -0.05) is 24.3 Å². The highest BCUT2D eigenvalue weighted by Crippen LogP contribution is 2.22. The van der Waals surface area contributed by atoms with Crippen molar-refractivity contribution in [2.45, 2.75) is 13.5 Å². The Morgan fingerprint density at radius 1 is 1.00 bits per heavy atom. The van der Waals surface area contributed by atoms with Crippen LogP contribution in [-0.4, -0.2) is 48.2 Å². The smallest absolute Gasteiger partial charge is 0.258 e. The molecule has 150 valence electrons. The second kappa shape index (κ2) is 8.59. The lowest BCUT2D eigenvalue weighted by atomic mass is 10.1. The normalized spacial score (nSPS) is 14.8. The third-order valence-corrected chi connectivity index (χ3v) is 5.42. The fourth-order valence-electron chi connectivity index (χ4n) is 3.69. The molecule has 0 aliphatic carbocycles. The van der Waals surface area contributed by atoms with Crippen molar-refractivity contribution in [3.63, 3.8) is 0 Å². The number of anilines is 1. The predicted octanol–water partition coefficient (Wildman–Crippen LogP) is 2.89. The van der Waals surface area contributed by atoms with Gasteiger partial charge in [0.15, 0.2) is 0 Å². The summed E-state index contributed by atoms with van der Waals surface area (Å²) in [4.78, 5) is 28.0. The second-order valence-electron chi connectivity index (χ2n) is 7.30. The molecule has 1 aliphatic heterocycles. The van der Waals surface area contributed by atoms with E-state index in [0.29, 0.717) is 23.2 Å². The van der Waals surface area contributed by atoms with Crippen molar-refractivity contribution >= 4 is 22.4 Å². The Labute approximate surface area is 169 Å². The van der Waals surface area contributed by atoms with E-state index in [0.717, 1.165) is 43.8 Å². The zero-order valence-electron chi connectivity index (χ0n) is 16.6. The van der Waals surface area contributed by atoms with Crippen molar-refractivity contribution in [1.82, 2.24) is 9.47 Å². The molecule has 6 nitrogen and oxygen atoms in total. The average Bonchev–Trinajstić information content (AvgIpc) is 2.75. The van der Waals surface area contributed by atoms with Gasteiger partial charge in [0.25, 0.3) is 11.5 Å². The maximum absolute atomic E-state index is 13.0. The largest absolute Gasteiger partial charge is 0.379 e. The van der Waals surface area contributed by atoms with Crippen molar-refractivity contribution in [2.75, 3.05) is 38.2 Å². The fourth-order valence-corrected chi connectivity index (χ4v) is 3.69. The number of morpholine rings is 1. The van der Waals surface area contributed by atoms with E-state index in [1.807, 2.05) is 55.6 Å². The zero-order chi connectivity index (χ0) is 20.2. The summed E-state index contributed by atoms with van der Waals surface area (Å²) < 4.78 is 7.11. The van der Waals surface area contributed by atoms with Crippen LogP contribution in [0.5, 0.6) is 0 Å². The first-order valence-electron chi connectivity index (χ1n) is 9.93. The van der Waals surface area contributed by atoms with E-state index in [1.165, 1.54) is 0 Å². The topological polar surface area (TPSA) is 63.6 Å². The molecule has 1 aliphatic rings. The third-order valence-electron chi connectivity index (χ3n) is 5.42. The highest BCUT2D eigenvalue weighted by Gasteiger charge is 2.13. The van der Waals surface area contributed by atoms with E-state index in [-0.39, 0.29) is 11.5 Å². The number of aromatic nitrogens is 1. The van der Waals surface area contributed by atoms with E-state index in [4.69, 9.17) is 4.74 Å². The highest BCUT2D eigenvalue weighted by molar-refractivity contribution is 6.09. The number of nitrogens with one attached hydrogen (secondary N) is 1. The molecule has 2 aromatic carbocycles. The first kappa shape index (κ1) is 19.4. The minimum Gasteiger partial charge on any atom is -0.379 e. The van der Waals surface area contributed by atoms with Crippen molar-refractivity contribution in [2.24, 2.45) is 0 Å². The second-order valence-corrected chi connectivity index (χ2v) is 7.30. The van der Waals surface area contributed by atoms with Crippen LogP contribution in [0.4, 0.5) is 5.69 Å². The Bertz CT molecular complexity index is 1080. The van der Waals surface area contributed by atoms with Crippen LogP contribution in [-0.2, 0) is 11.3 Å². The number of aryl methyl sites for hydroxylation is 1. The van der Waals surface area contributed by atoms with Crippen molar-refractivity contribution < 1.29 is 9.53 Å². The fraction of sp³-hybridized carbons (Fsp3) is 0.304. The Morgan fingerprint density at radius 3 is 2.59 bits per heavy atom. The summed E-state index contributed by atoms with van der Waals surface area (Å²) in [5.74, 6) is -0.174. The molecule has 0 radical (unpaired) electrons. The van der Waals surface area contributed by atoms with Crippen LogP contribution in [0.3, 0.4) is 0 Å². The average molecular weight is 391 g/mol. The molecule has 0 bridgehead atoms. The van der Waals surface area contributed by atoms with Crippen LogP contribution >= 0.6 is 0 Å². The molecular weight excluding hydrogens is 366 g/mol. The summed E-state index contributed by atoms with van der Waals surface area (Å²) in [5.41, 5.74) is 2.15. The number of hydrogen-bond donors (Lipinski definition) is 1. The first-order valence-corrected chi connectivity index (χ1v) is 9.93. The Morgan fingerprint density at radius 2 is 1.79 bits per heavy atom. The molecule has 2 heterocycles. The number of pyridine rings is 1. The van der Waals surface area contributed by atoms with Crippen LogP contribution in [0.15, 0.2) is 59.5 Å². The summed E-state index contributed by atoms with van der Waals surface area (Å²) >= 11 is 0. The van der Waals surface area contributed by atoms with Gasteiger partial charge in [-0.05, 0) is 36.8 Å². The lowest BCUT2D eigenvalue weighted by molar-refractivity contribution is 0.0363. The van der Waals surface area contributed by atoms with E-state index in [2.05, 4.69) is 10.2 Å². The third kappa shape index (κ3) is 4.23. The van der Waals surface area contributed by atoms with E-state index >= 15 is 0 Å². The van der Waals surface area contributed by atoms with E-state index in [1.54, 1.807) is 10.6 Å². The molecular formula is C23H25N3O3. The lowest BCUT2D eigenvalue weighted by Gasteiger charge is -2.26. The molecule has 0 atom stereocenters. The lowest BCUT2D eigenvalue weighted by Crippen LogP contribution is -2.39. The summed E-state index contributed by atoms with van der Waals surface area (Å²) in [6, 6.07) is 14.8. The molecule has 0 spiro atoms. The number of rotatable bonds is 5. The minimum absolute atomic E-state index is 0.0391. The zero-order valence-corrected chi connectivity index (χ0v) is 16.6. The van der Waals surface area contributed by atoms with Gasteiger partial charge < -0.3 is 14.6 Å². The van der Waals surface area contributed by atoms with Gasteiger partial charge in [0.05, 0.1) is 13.2 Å². The molecule has 29 heavy (non-hydrogen) atoms. The number of nitrogens with zero attached hydrogens (tertiary/aromatic N) is 2. The van der Waals surface area contributed by atoms with Gasteiger partial charge in [0.1, 0.15) is 0 Å². The number of benzene rings is 2. The number of fused-ring (bicyclic) bond motifs is 1. The Hall–Kier alpha value is -2.96. The number of amides is 1.